The maximum Gasteiger partial charge on any atom is 0.410 e. The average Bonchev–Trinajstić information content (AvgIpc) is 3.23. The largest absolute Gasteiger partial charge is 0.459 e. The number of esters is 1. The van der Waals surface area contributed by atoms with Crippen LogP contribution >= 0.6 is 0 Å². The summed E-state index contributed by atoms with van der Waals surface area (Å²) in [5.74, 6) is -0.165. The summed E-state index contributed by atoms with van der Waals surface area (Å²) in [6, 6.07) is 9.59. The molecule has 30 heavy (non-hydrogen) atoms. The van der Waals surface area contributed by atoms with Gasteiger partial charge in [0.15, 0.2) is 5.54 Å². The molecule has 1 saturated heterocycles. The Morgan fingerprint density at radius 2 is 1.97 bits per heavy atom. The number of rotatable bonds is 6. The topological polar surface area (TPSA) is 68.2 Å². The normalized spacial score (nSPS) is 28.0. The van der Waals surface area contributed by atoms with Crippen LogP contribution in [0.25, 0.3) is 0 Å². The van der Waals surface area contributed by atoms with E-state index in [-0.39, 0.29) is 36.4 Å². The van der Waals surface area contributed by atoms with Crippen molar-refractivity contribution in [2.24, 2.45) is 22.7 Å². The molecule has 0 aromatic heterocycles. The fourth-order valence-corrected chi connectivity index (χ4v) is 4.83. The second-order valence-corrected chi connectivity index (χ2v) is 9.29. The van der Waals surface area contributed by atoms with E-state index in [0.717, 1.165) is 5.56 Å². The van der Waals surface area contributed by atoms with Crippen molar-refractivity contribution in [3.8, 4) is 0 Å². The van der Waals surface area contributed by atoms with Crippen LogP contribution in [0.5, 0.6) is 0 Å². The highest BCUT2D eigenvalue weighted by molar-refractivity contribution is 5.83. The van der Waals surface area contributed by atoms with Gasteiger partial charge in [-0.25, -0.2) is 9.59 Å². The van der Waals surface area contributed by atoms with Gasteiger partial charge in [0.1, 0.15) is 12.2 Å². The lowest BCUT2D eigenvalue weighted by Gasteiger charge is -2.32. The Labute approximate surface area is 179 Å². The molecule has 4 atom stereocenters. The molecule has 1 aromatic rings. The van der Waals surface area contributed by atoms with Gasteiger partial charge in [-0.05, 0) is 57.7 Å². The molecule has 6 nitrogen and oxygen atoms in total. The van der Waals surface area contributed by atoms with Crippen molar-refractivity contribution in [2.45, 2.75) is 51.4 Å². The van der Waals surface area contributed by atoms with Gasteiger partial charge in [0.2, 0.25) is 0 Å². The van der Waals surface area contributed by atoms with Gasteiger partial charge < -0.3 is 14.4 Å². The van der Waals surface area contributed by atoms with Crippen LogP contribution < -0.4 is 0 Å². The molecule has 1 aliphatic carbocycles. The Hall–Kier alpha value is -2.63. The first-order valence-electron chi connectivity index (χ1n) is 10.5. The Morgan fingerprint density at radius 1 is 1.27 bits per heavy atom. The highest BCUT2D eigenvalue weighted by atomic mass is 16.6. The predicted octanol–water partition coefficient (Wildman–Crippen LogP) is 4.25. The summed E-state index contributed by atoms with van der Waals surface area (Å²) in [5.41, 5.74) is -0.610. The van der Waals surface area contributed by atoms with Gasteiger partial charge in [-0.3, -0.25) is 4.99 Å². The molecule has 1 aliphatic heterocycles. The first kappa shape index (κ1) is 22.1. The zero-order valence-electron chi connectivity index (χ0n) is 18.2. The van der Waals surface area contributed by atoms with Crippen molar-refractivity contribution in [3.05, 3.63) is 48.6 Å². The maximum absolute atomic E-state index is 13.2. The zero-order chi connectivity index (χ0) is 21.9. The molecule has 0 spiro atoms. The summed E-state index contributed by atoms with van der Waals surface area (Å²) in [5, 5.41) is 0. The molecule has 0 unspecified atom stereocenters. The van der Waals surface area contributed by atoms with E-state index in [1.54, 1.807) is 4.90 Å². The highest BCUT2D eigenvalue weighted by Gasteiger charge is 2.60. The Balaban J connectivity index is 1.74. The first-order valence-corrected chi connectivity index (χ1v) is 10.5. The second kappa shape index (κ2) is 8.62. The molecule has 162 valence electrons. The van der Waals surface area contributed by atoms with Crippen molar-refractivity contribution >= 4 is 18.8 Å². The molecular weight excluding hydrogens is 380 g/mol. The van der Waals surface area contributed by atoms with E-state index in [1.807, 2.05) is 57.2 Å². The smallest absolute Gasteiger partial charge is 0.410 e. The Morgan fingerprint density at radius 3 is 2.57 bits per heavy atom. The van der Waals surface area contributed by atoms with Gasteiger partial charge in [0, 0.05) is 19.0 Å². The van der Waals surface area contributed by atoms with Crippen LogP contribution in [0.2, 0.25) is 0 Å². The third-order valence-electron chi connectivity index (χ3n) is 6.12. The monoisotopic (exact) mass is 412 g/mol. The molecule has 1 heterocycles. The molecule has 2 fully saturated rings. The standard InChI is InChI=1S/C24H32N2O4/c1-6-10-20-19-15-26(22(28)30-23(2,3)4)14-18(19)13-24(20,25-5)21(27)29-16-17-11-8-7-9-12-17/h6-9,11-12,18-20H,1,5,10,13-16H2,2-4H3/t18-,19+,20-,24-/m0/s1. The van der Waals surface area contributed by atoms with Crippen LogP contribution in [0.1, 0.15) is 39.2 Å². The third kappa shape index (κ3) is 4.42. The van der Waals surface area contributed by atoms with Gasteiger partial charge in [0.25, 0.3) is 0 Å². The molecule has 3 rings (SSSR count). The first-order chi connectivity index (χ1) is 14.2. The van der Waals surface area contributed by atoms with Crippen LogP contribution in [0.15, 0.2) is 48.0 Å². The summed E-state index contributed by atoms with van der Waals surface area (Å²) in [7, 11) is 0. The number of benzene rings is 1. The molecule has 0 N–H and O–H groups in total. The van der Waals surface area contributed by atoms with Crippen molar-refractivity contribution in [3.63, 3.8) is 0 Å². The number of nitrogens with zero attached hydrogens (tertiary/aromatic N) is 2. The number of amides is 1. The van der Waals surface area contributed by atoms with Crippen LogP contribution in [0, 0.1) is 17.8 Å². The lowest BCUT2D eigenvalue weighted by atomic mass is 9.80. The third-order valence-corrected chi connectivity index (χ3v) is 6.12. The van der Waals surface area contributed by atoms with E-state index in [9.17, 15) is 9.59 Å². The average molecular weight is 413 g/mol. The summed E-state index contributed by atoms with van der Waals surface area (Å²) >= 11 is 0. The zero-order valence-corrected chi connectivity index (χ0v) is 18.2. The number of fused-ring (bicyclic) bond motifs is 1. The van der Waals surface area contributed by atoms with Gasteiger partial charge in [-0.2, -0.15) is 0 Å². The lowest BCUT2D eigenvalue weighted by molar-refractivity contribution is -0.153. The number of aliphatic imine (C=N–C) groups is 1. The molecule has 1 aromatic carbocycles. The van der Waals surface area contributed by atoms with Crippen molar-refractivity contribution in [2.75, 3.05) is 13.1 Å². The Bertz CT molecular complexity index is 801. The number of carbonyl (C=O) groups excluding carboxylic acids is 2. The number of likely N-dealkylation sites (tertiary alicyclic amines) is 1. The highest BCUT2D eigenvalue weighted by Crippen LogP contribution is 2.52. The van der Waals surface area contributed by atoms with Gasteiger partial charge in [0.05, 0.1) is 0 Å². The lowest BCUT2D eigenvalue weighted by Crippen LogP contribution is -2.45. The minimum atomic E-state index is -1.00. The summed E-state index contributed by atoms with van der Waals surface area (Å²) in [6.07, 6.45) is 2.64. The number of hydrogen-bond acceptors (Lipinski definition) is 5. The van der Waals surface area contributed by atoms with Crippen LogP contribution in [0.4, 0.5) is 4.79 Å². The maximum atomic E-state index is 13.2. The van der Waals surface area contributed by atoms with Gasteiger partial charge in [-0.15, -0.1) is 6.58 Å². The second-order valence-electron chi connectivity index (χ2n) is 9.29. The Kier molecular flexibility index (Phi) is 6.34. The fourth-order valence-electron chi connectivity index (χ4n) is 4.83. The minimum absolute atomic E-state index is 0.104. The fraction of sp³-hybridized carbons (Fsp3) is 0.542. The van der Waals surface area contributed by atoms with E-state index in [4.69, 9.17) is 9.47 Å². The summed E-state index contributed by atoms with van der Waals surface area (Å²) in [6.45, 7) is 14.5. The molecule has 0 radical (unpaired) electrons. The van der Waals surface area contributed by atoms with E-state index in [1.165, 1.54) is 0 Å². The summed E-state index contributed by atoms with van der Waals surface area (Å²) < 4.78 is 11.2. The molecular formula is C24H32N2O4. The number of carbonyl (C=O) groups is 2. The van der Waals surface area contributed by atoms with Crippen LogP contribution in [0.3, 0.4) is 0 Å². The number of ether oxygens (including phenoxy) is 2. The quantitative estimate of drug-likeness (QED) is 0.398. The number of hydrogen-bond donors (Lipinski definition) is 0. The van der Waals surface area contributed by atoms with E-state index >= 15 is 0 Å². The number of allylic oxidation sites excluding steroid dienone is 1. The van der Waals surface area contributed by atoms with E-state index in [0.29, 0.717) is 25.9 Å². The molecule has 1 saturated carbocycles. The predicted molar refractivity (Wildman–Crippen MR) is 116 cm³/mol. The van der Waals surface area contributed by atoms with E-state index in [2.05, 4.69) is 18.3 Å². The minimum Gasteiger partial charge on any atom is -0.459 e. The molecule has 0 bridgehead atoms. The van der Waals surface area contributed by atoms with Gasteiger partial charge >= 0.3 is 12.1 Å². The molecule has 2 aliphatic rings. The van der Waals surface area contributed by atoms with Crippen molar-refractivity contribution < 1.29 is 19.1 Å². The van der Waals surface area contributed by atoms with Crippen molar-refractivity contribution in [1.82, 2.24) is 4.90 Å². The van der Waals surface area contributed by atoms with Gasteiger partial charge in [-0.1, -0.05) is 36.4 Å². The van der Waals surface area contributed by atoms with Crippen LogP contribution in [-0.4, -0.2) is 47.9 Å². The van der Waals surface area contributed by atoms with E-state index < -0.39 is 11.1 Å². The van der Waals surface area contributed by atoms with Crippen molar-refractivity contribution in [1.29, 1.82) is 0 Å². The molecule has 6 heteroatoms. The molecule has 1 amide bonds. The SMILES string of the molecule is C=CC[C@H]1[C@@H]2CN(C(=O)OC(C)(C)C)C[C@@H]2C[C@@]1(N=C)C(=O)OCc1ccccc1. The van der Waals surface area contributed by atoms with Crippen LogP contribution in [-0.2, 0) is 20.9 Å². The summed E-state index contributed by atoms with van der Waals surface area (Å²) in [4.78, 5) is 31.8.